The molecule has 1 heterocycles. The maximum atomic E-state index is 13.6. The number of benzene rings is 4. The van der Waals surface area contributed by atoms with Gasteiger partial charge < -0.3 is 23.7 Å². The van der Waals surface area contributed by atoms with Crippen molar-refractivity contribution in [2.24, 2.45) is 0 Å². The second kappa shape index (κ2) is 15.8. The molecule has 0 unspecified atom stereocenters. The van der Waals surface area contributed by atoms with Crippen LogP contribution in [0.3, 0.4) is 0 Å². The predicted molar refractivity (Wildman–Crippen MR) is 180 cm³/mol. The van der Waals surface area contributed by atoms with Gasteiger partial charge in [-0.15, -0.1) is 11.8 Å². The standard InChI is InChI=1S/C38H36O9S/c1-38(2,3)48-37-32(47-36(42)28-22-14-7-15-23-28)31(46-35(41)27-20-12-6-13-21-27)30(45-34(40)26-18-10-5-11-19-26)29(44-37)24-43-33(39)25-16-8-4-9-17-25/h4-23,29-32,37H,24H2,1-3H3/t29-,30-,31+,32-,37+/m1/s1. The molecule has 0 saturated carbocycles. The maximum Gasteiger partial charge on any atom is 0.338 e. The van der Waals surface area contributed by atoms with Crippen LogP contribution in [0, 0.1) is 0 Å². The topological polar surface area (TPSA) is 114 Å². The molecule has 248 valence electrons. The van der Waals surface area contributed by atoms with Crippen molar-refractivity contribution in [3.05, 3.63) is 144 Å². The van der Waals surface area contributed by atoms with Crippen molar-refractivity contribution in [3.63, 3.8) is 0 Å². The molecule has 48 heavy (non-hydrogen) atoms. The van der Waals surface area contributed by atoms with Crippen LogP contribution in [0.5, 0.6) is 0 Å². The van der Waals surface area contributed by atoms with Gasteiger partial charge in [-0.05, 0) is 48.5 Å². The van der Waals surface area contributed by atoms with E-state index in [2.05, 4.69) is 0 Å². The minimum atomic E-state index is -1.37. The van der Waals surface area contributed by atoms with Crippen LogP contribution in [-0.2, 0) is 23.7 Å². The summed E-state index contributed by atoms with van der Waals surface area (Å²) in [4.78, 5) is 53.7. The van der Waals surface area contributed by atoms with Crippen LogP contribution >= 0.6 is 11.8 Å². The molecule has 5 rings (SSSR count). The summed E-state index contributed by atoms with van der Waals surface area (Å²) in [7, 11) is 0. The first-order chi connectivity index (χ1) is 23.1. The molecular weight excluding hydrogens is 632 g/mol. The van der Waals surface area contributed by atoms with E-state index >= 15 is 0 Å². The monoisotopic (exact) mass is 668 g/mol. The van der Waals surface area contributed by atoms with E-state index in [0.29, 0.717) is 5.56 Å². The van der Waals surface area contributed by atoms with Gasteiger partial charge in [-0.1, -0.05) is 93.6 Å². The molecule has 0 spiro atoms. The summed E-state index contributed by atoms with van der Waals surface area (Å²) in [5.41, 5.74) is 0.112. The largest absolute Gasteiger partial charge is 0.459 e. The number of hydrogen-bond donors (Lipinski definition) is 0. The number of ether oxygens (including phenoxy) is 5. The minimum absolute atomic E-state index is 0.231. The van der Waals surface area contributed by atoms with Gasteiger partial charge in [0.25, 0.3) is 0 Å². The molecule has 10 heteroatoms. The van der Waals surface area contributed by atoms with Crippen LogP contribution in [-0.4, -0.2) is 65.1 Å². The van der Waals surface area contributed by atoms with Crippen LogP contribution in [0.4, 0.5) is 0 Å². The van der Waals surface area contributed by atoms with Crippen molar-refractivity contribution < 1.29 is 42.9 Å². The van der Waals surface area contributed by atoms with E-state index in [4.69, 9.17) is 23.7 Å². The zero-order chi connectivity index (χ0) is 34.1. The lowest BCUT2D eigenvalue weighted by atomic mass is 9.98. The van der Waals surface area contributed by atoms with Crippen molar-refractivity contribution in [2.45, 2.75) is 55.4 Å². The van der Waals surface area contributed by atoms with Gasteiger partial charge in [-0.2, -0.15) is 0 Å². The summed E-state index contributed by atoms with van der Waals surface area (Å²) < 4.78 is 30.0. The van der Waals surface area contributed by atoms with E-state index in [-0.39, 0.29) is 23.3 Å². The second-order valence-corrected chi connectivity index (χ2v) is 13.9. The molecule has 0 amide bonds. The Morgan fingerprint density at radius 2 is 0.896 bits per heavy atom. The third-order valence-corrected chi connectivity index (χ3v) is 8.53. The fourth-order valence-electron chi connectivity index (χ4n) is 4.97. The summed E-state index contributed by atoms with van der Waals surface area (Å²) >= 11 is 1.33. The smallest absolute Gasteiger partial charge is 0.338 e. The Hall–Kier alpha value is -4.93. The molecule has 0 aromatic heterocycles. The summed E-state index contributed by atoms with van der Waals surface area (Å²) in [5, 5.41) is 0. The van der Waals surface area contributed by atoms with Crippen LogP contribution in [0.25, 0.3) is 0 Å². The number of carbonyl (C=O) groups excluding carboxylic acids is 4. The summed E-state index contributed by atoms with van der Waals surface area (Å²) in [6.45, 7) is 5.50. The molecule has 0 bridgehead atoms. The molecule has 1 saturated heterocycles. The van der Waals surface area contributed by atoms with Crippen molar-refractivity contribution in [1.82, 2.24) is 0 Å². The first-order valence-corrected chi connectivity index (χ1v) is 16.3. The van der Waals surface area contributed by atoms with Gasteiger partial charge in [-0.25, -0.2) is 19.2 Å². The highest BCUT2D eigenvalue weighted by Crippen LogP contribution is 2.40. The molecule has 9 nitrogen and oxygen atoms in total. The Morgan fingerprint density at radius 1 is 0.542 bits per heavy atom. The average Bonchev–Trinajstić information content (AvgIpc) is 3.10. The third kappa shape index (κ3) is 9.11. The van der Waals surface area contributed by atoms with Gasteiger partial charge in [0.2, 0.25) is 0 Å². The molecule has 5 atom stereocenters. The van der Waals surface area contributed by atoms with Crippen LogP contribution in [0.2, 0.25) is 0 Å². The number of carbonyl (C=O) groups is 4. The van der Waals surface area contributed by atoms with E-state index in [1.165, 1.54) is 11.8 Å². The summed E-state index contributed by atoms with van der Waals surface area (Å²) in [5.74, 6) is -2.78. The summed E-state index contributed by atoms with van der Waals surface area (Å²) in [6, 6.07) is 33.3. The molecule has 0 radical (unpaired) electrons. The second-order valence-electron chi connectivity index (χ2n) is 11.9. The number of rotatable bonds is 10. The van der Waals surface area contributed by atoms with Crippen molar-refractivity contribution in [3.8, 4) is 0 Å². The molecule has 4 aromatic rings. The van der Waals surface area contributed by atoms with Crippen molar-refractivity contribution >= 4 is 35.6 Å². The first kappa shape index (κ1) is 34.4. The quantitative estimate of drug-likeness (QED) is 0.132. The lowest BCUT2D eigenvalue weighted by molar-refractivity contribution is -0.207. The van der Waals surface area contributed by atoms with E-state index in [1.54, 1.807) is 121 Å². The Bertz CT molecular complexity index is 1680. The van der Waals surface area contributed by atoms with E-state index in [0.717, 1.165) is 0 Å². The Morgan fingerprint density at radius 3 is 1.29 bits per heavy atom. The highest BCUT2D eigenvalue weighted by Gasteiger charge is 2.54. The van der Waals surface area contributed by atoms with Gasteiger partial charge in [0, 0.05) is 4.75 Å². The molecule has 1 aliphatic rings. The van der Waals surface area contributed by atoms with E-state index in [9.17, 15) is 19.2 Å². The van der Waals surface area contributed by atoms with Gasteiger partial charge in [-0.3, -0.25) is 0 Å². The molecule has 4 aromatic carbocycles. The predicted octanol–water partition coefficient (Wildman–Crippen LogP) is 6.78. The van der Waals surface area contributed by atoms with Gasteiger partial charge in [0.15, 0.2) is 18.3 Å². The normalized spacial score (nSPS) is 20.6. The van der Waals surface area contributed by atoms with Crippen molar-refractivity contribution in [1.29, 1.82) is 0 Å². The molecule has 1 fully saturated rings. The third-order valence-electron chi connectivity index (χ3n) is 7.21. The number of esters is 4. The van der Waals surface area contributed by atoms with Crippen LogP contribution < -0.4 is 0 Å². The van der Waals surface area contributed by atoms with Crippen LogP contribution in [0.15, 0.2) is 121 Å². The maximum absolute atomic E-state index is 13.6. The van der Waals surface area contributed by atoms with E-state index in [1.807, 2.05) is 20.8 Å². The molecular formula is C38H36O9S. The highest BCUT2D eigenvalue weighted by molar-refractivity contribution is 8.01. The minimum Gasteiger partial charge on any atom is -0.459 e. The Balaban J connectivity index is 1.56. The van der Waals surface area contributed by atoms with Gasteiger partial charge in [0.1, 0.15) is 18.1 Å². The Kier molecular flexibility index (Phi) is 11.3. The zero-order valence-corrected chi connectivity index (χ0v) is 27.5. The molecule has 0 N–H and O–H groups in total. The fraction of sp³-hybridized carbons (Fsp3) is 0.263. The SMILES string of the molecule is CC(C)(C)S[C@@H]1O[C@H](COC(=O)c2ccccc2)[C@@H](OC(=O)c2ccccc2)[C@H](OC(=O)c2ccccc2)[C@H]1OC(=O)c1ccccc1. The van der Waals surface area contributed by atoms with E-state index < -0.39 is 58.5 Å². The van der Waals surface area contributed by atoms with Gasteiger partial charge >= 0.3 is 23.9 Å². The fourth-order valence-corrected chi connectivity index (χ4v) is 6.21. The lowest BCUT2D eigenvalue weighted by Crippen LogP contribution is -2.62. The zero-order valence-electron chi connectivity index (χ0n) is 26.7. The average molecular weight is 669 g/mol. The first-order valence-electron chi connectivity index (χ1n) is 15.4. The van der Waals surface area contributed by atoms with Crippen LogP contribution in [0.1, 0.15) is 62.2 Å². The van der Waals surface area contributed by atoms with Crippen molar-refractivity contribution in [2.75, 3.05) is 6.61 Å². The molecule has 1 aliphatic heterocycles. The Labute approximate surface area is 283 Å². The number of thioether (sulfide) groups is 1. The highest BCUT2D eigenvalue weighted by atomic mass is 32.2. The molecule has 0 aliphatic carbocycles. The summed E-state index contributed by atoms with van der Waals surface area (Å²) in [6.07, 6.45) is -5.10. The number of hydrogen-bond acceptors (Lipinski definition) is 10. The lowest BCUT2D eigenvalue weighted by Gasteiger charge is -2.45. The van der Waals surface area contributed by atoms with Gasteiger partial charge in [0.05, 0.1) is 22.3 Å².